The van der Waals surface area contributed by atoms with Crippen LogP contribution in [0.15, 0.2) is 55.8 Å². The Morgan fingerprint density at radius 2 is 2.07 bits per heavy atom. The molecular weight excluding hydrogens is 576 g/mol. The standard InChI is InChI=1S/C29H41FN7O5P/c1-5-14-36-26-25(27(40)37(29(36)42)19-11-12-19)33-23(34-26)9-8-10-24(31-7-3)35(15-13-20(39)17-38)28(41)32-18(4)16-21(30)22(43)6-2/h6-10,16,18-20,38-39H,5,11-15,17,43H2,1-4H3,(H,32,41)(H,33,34)/b9-8+,21-16+,22-6+,24-10+,31-7-. The number of aromatic amines is 1. The van der Waals surface area contributed by atoms with E-state index < -0.39 is 36.2 Å². The van der Waals surface area contributed by atoms with Gasteiger partial charge in [0.15, 0.2) is 5.65 Å². The van der Waals surface area contributed by atoms with E-state index in [1.54, 1.807) is 45.1 Å². The van der Waals surface area contributed by atoms with Crippen LogP contribution in [0.25, 0.3) is 17.2 Å². The summed E-state index contributed by atoms with van der Waals surface area (Å²) >= 11 is 0. The van der Waals surface area contributed by atoms with Gasteiger partial charge in [0.25, 0.3) is 5.56 Å². The number of hydrogen-bond donors (Lipinski definition) is 4. The van der Waals surface area contributed by atoms with Crippen LogP contribution in [0.2, 0.25) is 0 Å². The van der Waals surface area contributed by atoms with Crippen molar-refractivity contribution in [2.24, 2.45) is 4.99 Å². The summed E-state index contributed by atoms with van der Waals surface area (Å²) in [5, 5.41) is 22.3. The van der Waals surface area contributed by atoms with Gasteiger partial charge in [0.1, 0.15) is 23.0 Å². The van der Waals surface area contributed by atoms with Crippen molar-refractivity contribution in [1.29, 1.82) is 0 Å². The number of H-pyrrole nitrogens is 1. The lowest BCUT2D eigenvalue weighted by Crippen LogP contribution is -2.43. The number of fused-ring (bicyclic) bond motifs is 1. The fraction of sp³-hybridized carbons (Fsp3) is 0.483. The second-order valence-electron chi connectivity index (χ2n) is 10.2. The van der Waals surface area contributed by atoms with Crippen molar-refractivity contribution in [3.05, 3.63) is 67.9 Å². The monoisotopic (exact) mass is 617 g/mol. The Morgan fingerprint density at radius 1 is 1.35 bits per heavy atom. The van der Waals surface area contributed by atoms with Crippen LogP contribution in [0.3, 0.4) is 0 Å². The molecular formula is C29H41FN7O5P. The molecule has 0 aliphatic heterocycles. The number of halogens is 1. The van der Waals surface area contributed by atoms with Gasteiger partial charge >= 0.3 is 11.7 Å². The molecule has 12 nitrogen and oxygen atoms in total. The third-order valence-corrected chi connectivity index (χ3v) is 7.31. The fourth-order valence-electron chi connectivity index (χ4n) is 4.33. The molecule has 2 aromatic rings. The van der Waals surface area contributed by atoms with Crippen LogP contribution >= 0.6 is 9.24 Å². The Kier molecular flexibility index (Phi) is 12.4. The lowest BCUT2D eigenvalue weighted by molar-refractivity contribution is 0.0825. The van der Waals surface area contributed by atoms with Crippen LogP contribution in [0.1, 0.15) is 65.2 Å². The predicted octanol–water partition coefficient (Wildman–Crippen LogP) is 3.35. The number of hydrogen-bond acceptors (Lipinski definition) is 7. The van der Waals surface area contributed by atoms with Gasteiger partial charge < -0.3 is 20.5 Å². The number of aliphatic hydroxyl groups is 2. The van der Waals surface area contributed by atoms with Gasteiger partial charge in [-0.05, 0) is 64.7 Å². The zero-order chi connectivity index (χ0) is 31.7. The molecule has 0 bridgehead atoms. The largest absolute Gasteiger partial charge is 0.394 e. The number of urea groups is 1. The molecule has 2 aromatic heterocycles. The van der Waals surface area contributed by atoms with Crippen molar-refractivity contribution in [2.45, 2.75) is 78.1 Å². The number of imidazole rings is 1. The van der Waals surface area contributed by atoms with Gasteiger partial charge in [0.05, 0.1) is 12.7 Å². The maximum absolute atomic E-state index is 14.3. The van der Waals surface area contributed by atoms with Crippen LogP contribution in [0, 0.1) is 0 Å². The number of rotatable bonds is 14. The van der Waals surface area contributed by atoms with Gasteiger partial charge in [0, 0.05) is 36.7 Å². The fourth-order valence-corrected chi connectivity index (χ4v) is 4.43. The highest BCUT2D eigenvalue weighted by molar-refractivity contribution is 7.23. The molecule has 3 unspecified atom stereocenters. The molecule has 0 spiro atoms. The van der Waals surface area contributed by atoms with Gasteiger partial charge in [0.2, 0.25) is 0 Å². The van der Waals surface area contributed by atoms with Crippen molar-refractivity contribution in [2.75, 3.05) is 13.2 Å². The van der Waals surface area contributed by atoms with Gasteiger partial charge in [-0.15, -0.1) is 9.24 Å². The first kappa shape index (κ1) is 33.8. The average molecular weight is 618 g/mol. The van der Waals surface area contributed by atoms with Gasteiger partial charge in [-0.3, -0.25) is 18.8 Å². The Morgan fingerprint density at radius 3 is 2.67 bits per heavy atom. The number of aliphatic hydroxyl groups excluding tert-OH is 2. The van der Waals surface area contributed by atoms with Crippen molar-refractivity contribution in [3.63, 3.8) is 0 Å². The molecule has 3 rings (SSSR count). The summed E-state index contributed by atoms with van der Waals surface area (Å²) in [6.07, 6.45) is 10.3. The Labute approximate surface area is 251 Å². The molecule has 0 aromatic carbocycles. The number of allylic oxidation sites excluding steroid dienone is 5. The summed E-state index contributed by atoms with van der Waals surface area (Å²) < 4.78 is 17.1. The summed E-state index contributed by atoms with van der Waals surface area (Å²) in [5.41, 5.74) is -0.236. The molecule has 1 aliphatic carbocycles. The van der Waals surface area contributed by atoms with Crippen molar-refractivity contribution in [3.8, 4) is 0 Å². The maximum Gasteiger partial charge on any atom is 0.333 e. The lowest BCUT2D eigenvalue weighted by Gasteiger charge is -2.25. The number of aryl methyl sites for hydroxylation is 1. The van der Waals surface area contributed by atoms with E-state index in [-0.39, 0.29) is 41.7 Å². The van der Waals surface area contributed by atoms with Crippen molar-refractivity contribution >= 4 is 38.7 Å². The van der Waals surface area contributed by atoms with Gasteiger partial charge in [-0.1, -0.05) is 19.1 Å². The number of aliphatic imine (C=N–C) groups is 1. The molecule has 14 heteroatoms. The van der Waals surface area contributed by atoms with E-state index in [2.05, 4.69) is 29.5 Å². The van der Waals surface area contributed by atoms with E-state index in [0.29, 0.717) is 24.1 Å². The summed E-state index contributed by atoms with van der Waals surface area (Å²) in [4.78, 5) is 52.5. The summed E-state index contributed by atoms with van der Waals surface area (Å²) in [6, 6.07) is -1.35. The van der Waals surface area contributed by atoms with Crippen LogP contribution < -0.4 is 16.6 Å². The van der Waals surface area contributed by atoms with Gasteiger partial charge in [-0.25, -0.2) is 24.0 Å². The summed E-state index contributed by atoms with van der Waals surface area (Å²) in [6.45, 7) is 6.87. The SMILES string of the molecule is C\C=N/C(=C\C=C\c1nc2c([nH]1)c(=O)n(C1CC1)c(=O)n2CCC)N(CCC(O)CO)C(=O)NC(C)/C=C(F)\C(P)=C/C. The first-order valence-corrected chi connectivity index (χ1v) is 14.9. The second-order valence-corrected chi connectivity index (χ2v) is 10.8. The van der Waals surface area contributed by atoms with Crippen LogP contribution in [-0.4, -0.2) is 71.8 Å². The quantitative estimate of drug-likeness (QED) is 0.145. The number of carbonyl (C=O) groups is 1. The van der Waals surface area contributed by atoms with E-state index in [4.69, 9.17) is 0 Å². The van der Waals surface area contributed by atoms with E-state index >= 15 is 0 Å². The number of nitrogens with one attached hydrogen (secondary N) is 2. The molecule has 3 atom stereocenters. The number of amides is 2. The molecule has 1 saturated carbocycles. The molecule has 0 saturated heterocycles. The minimum absolute atomic E-state index is 0.00186. The smallest absolute Gasteiger partial charge is 0.333 e. The molecule has 0 radical (unpaired) electrons. The topological polar surface area (TPSA) is 158 Å². The predicted molar refractivity (Wildman–Crippen MR) is 170 cm³/mol. The van der Waals surface area contributed by atoms with Crippen LogP contribution in [0.5, 0.6) is 0 Å². The van der Waals surface area contributed by atoms with Crippen LogP contribution in [-0.2, 0) is 6.54 Å². The Balaban J connectivity index is 1.95. The average Bonchev–Trinajstić information content (AvgIpc) is 3.72. The summed E-state index contributed by atoms with van der Waals surface area (Å²) in [5.74, 6) is 0.0411. The maximum atomic E-state index is 14.3. The molecule has 234 valence electrons. The molecule has 1 fully saturated rings. The Bertz CT molecular complexity index is 1570. The lowest BCUT2D eigenvalue weighted by atomic mass is 10.2. The van der Waals surface area contributed by atoms with E-state index in [1.807, 2.05) is 6.92 Å². The van der Waals surface area contributed by atoms with E-state index in [9.17, 15) is 29.0 Å². The number of nitrogens with zero attached hydrogens (tertiary/aromatic N) is 5. The Hall–Kier alpha value is -3.67. The van der Waals surface area contributed by atoms with Crippen LogP contribution in [0.4, 0.5) is 9.18 Å². The first-order valence-electron chi connectivity index (χ1n) is 14.3. The first-order chi connectivity index (χ1) is 20.6. The van der Waals surface area contributed by atoms with Crippen molar-refractivity contribution < 1.29 is 19.4 Å². The molecule has 43 heavy (non-hydrogen) atoms. The molecule has 1 aliphatic rings. The minimum atomic E-state index is -1.06. The third-order valence-electron chi connectivity index (χ3n) is 6.70. The van der Waals surface area contributed by atoms with E-state index in [0.717, 1.165) is 12.8 Å². The zero-order valence-corrected chi connectivity index (χ0v) is 26.1. The molecule has 2 heterocycles. The summed E-state index contributed by atoms with van der Waals surface area (Å²) in [7, 11) is 2.29. The second kappa shape index (κ2) is 15.7. The highest BCUT2D eigenvalue weighted by atomic mass is 31.0. The van der Waals surface area contributed by atoms with Crippen molar-refractivity contribution in [1.82, 2.24) is 29.3 Å². The molecule has 2 amide bonds. The normalized spacial score (nSPS) is 16.4. The highest BCUT2D eigenvalue weighted by Gasteiger charge is 2.29. The minimum Gasteiger partial charge on any atom is -0.394 e. The van der Waals surface area contributed by atoms with Gasteiger partial charge in [-0.2, -0.15) is 0 Å². The number of aromatic nitrogens is 4. The zero-order valence-electron chi connectivity index (χ0n) is 25.0. The van der Waals surface area contributed by atoms with E-state index in [1.165, 1.54) is 26.3 Å². The third kappa shape index (κ3) is 8.68. The highest BCUT2D eigenvalue weighted by Crippen LogP contribution is 2.32. The number of carbonyl (C=O) groups excluding carboxylic acids is 1. The molecule has 4 N–H and O–H groups in total.